The van der Waals surface area contributed by atoms with E-state index in [0.29, 0.717) is 11.1 Å². The summed E-state index contributed by atoms with van der Waals surface area (Å²) < 4.78 is 53.1. The first kappa shape index (κ1) is 30.8. The van der Waals surface area contributed by atoms with Crippen molar-refractivity contribution in [2.45, 2.75) is 31.0 Å². The van der Waals surface area contributed by atoms with Gasteiger partial charge in [0.05, 0.1) is 17.7 Å². The van der Waals surface area contributed by atoms with Crippen LogP contribution >= 0.6 is 23.5 Å². The molecule has 0 bridgehead atoms. The molecule has 0 saturated carbocycles. The largest absolute Gasteiger partial charge is 0.490 e. The van der Waals surface area contributed by atoms with Crippen molar-refractivity contribution >= 4 is 51.1 Å². The minimum absolute atomic E-state index is 0.0960. The van der Waals surface area contributed by atoms with Crippen LogP contribution in [0.4, 0.5) is 5.82 Å². The smallest absolute Gasteiger partial charge is 0.387 e. The molecular formula is C21H24N5O13P3. The van der Waals surface area contributed by atoms with Crippen LogP contribution in [-0.2, 0) is 38.0 Å². The number of aliphatic hydroxyl groups is 2. The van der Waals surface area contributed by atoms with Crippen LogP contribution in [0.3, 0.4) is 0 Å². The normalized spacial score (nSPS) is 24.1. The average Bonchev–Trinajstić information content (AvgIpc) is 3.38. The summed E-state index contributed by atoms with van der Waals surface area (Å²) in [5.74, 6) is 0.0960. The minimum Gasteiger partial charge on any atom is -0.387 e. The predicted octanol–water partition coefficient (Wildman–Crippen LogP) is 1.11. The Morgan fingerprint density at radius 2 is 1.64 bits per heavy atom. The van der Waals surface area contributed by atoms with E-state index in [9.17, 15) is 33.7 Å². The van der Waals surface area contributed by atoms with Crippen molar-refractivity contribution in [1.29, 1.82) is 0 Å². The Morgan fingerprint density at radius 3 is 2.38 bits per heavy atom. The number of phosphoric acid groups is 3. The lowest BCUT2D eigenvalue weighted by molar-refractivity contribution is -0.0559. The quantitative estimate of drug-likeness (QED) is 0.119. The zero-order valence-corrected chi connectivity index (χ0v) is 23.8. The molecule has 5 rings (SSSR count). The van der Waals surface area contributed by atoms with Crippen LogP contribution in [0.25, 0.3) is 21.8 Å². The molecule has 2 unspecified atom stereocenters. The number of aliphatic hydroxyl groups excluding tert-OH is 2. The van der Waals surface area contributed by atoms with E-state index in [4.69, 9.17) is 20.3 Å². The van der Waals surface area contributed by atoms with Gasteiger partial charge in [-0.3, -0.25) is 4.52 Å². The van der Waals surface area contributed by atoms with Gasteiger partial charge in [0.2, 0.25) is 0 Å². The Morgan fingerprint density at radius 1 is 0.929 bits per heavy atom. The van der Waals surface area contributed by atoms with Gasteiger partial charge in [-0.2, -0.15) is 13.7 Å². The highest BCUT2D eigenvalue weighted by atomic mass is 31.3. The highest BCUT2D eigenvalue weighted by molar-refractivity contribution is 7.66. The van der Waals surface area contributed by atoms with Crippen molar-refractivity contribution in [3.8, 4) is 0 Å². The van der Waals surface area contributed by atoms with Gasteiger partial charge in [-0.1, -0.05) is 42.5 Å². The molecule has 0 amide bonds. The Labute approximate surface area is 235 Å². The van der Waals surface area contributed by atoms with E-state index in [1.165, 1.54) is 11.0 Å². The van der Waals surface area contributed by atoms with Crippen molar-refractivity contribution in [1.82, 2.24) is 19.7 Å². The van der Waals surface area contributed by atoms with Gasteiger partial charge < -0.3 is 40.3 Å². The third-order valence-electron chi connectivity index (χ3n) is 6.22. The van der Waals surface area contributed by atoms with E-state index < -0.39 is 54.6 Å². The fraction of sp³-hybridized carbons (Fsp3) is 0.286. The topological polar surface area (TPSA) is 279 Å². The molecule has 0 aliphatic carbocycles. The van der Waals surface area contributed by atoms with Crippen LogP contribution in [0.15, 0.2) is 48.8 Å². The van der Waals surface area contributed by atoms with E-state index in [2.05, 4.69) is 28.2 Å². The van der Waals surface area contributed by atoms with Crippen LogP contribution in [-0.4, -0.2) is 74.5 Å². The summed E-state index contributed by atoms with van der Waals surface area (Å²) in [7, 11) is -16.8. The summed E-state index contributed by atoms with van der Waals surface area (Å²) in [5, 5.41) is 28.2. The van der Waals surface area contributed by atoms with Crippen molar-refractivity contribution in [2.24, 2.45) is 0 Å². The lowest BCUT2D eigenvalue weighted by atomic mass is 10.0. The molecule has 21 heteroatoms. The van der Waals surface area contributed by atoms with E-state index in [1.807, 2.05) is 42.5 Å². The summed E-state index contributed by atoms with van der Waals surface area (Å²) in [5.41, 5.74) is 7.65. The molecule has 6 atom stereocenters. The number of nitrogens with two attached hydrogens (primary N) is 1. The molecular weight excluding hydrogens is 623 g/mol. The number of rotatable bonds is 10. The molecule has 1 fully saturated rings. The molecule has 1 aliphatic heterocycles. The number of phosphoric ester groups is 1. The summed E-state index contributed by atoms with van der Waals surface area (Å²) >= 11 is 0. The Kier molecular flexibility index (Phi) is 8.39. The third kappa shape index (κ3) is 6.61. The maximum atomic E-state index is 12.1. The predicted molar refractivity (Wildman–Crippen MR) is 142 cm³/mol. The fourth-order valence-corrected chi connectivity index (χ4v) is 7.57. The third-order valence-corrected chi connectivity index (χ3v) is 10.0. The number of nitrogens with zero attached hydrogens (tertiary/aromatic N) is 4. The molecule has 1 saturated heterocycles. The van der Waals surface area contributed by atoms with Gasteiger partial charge in [0.15, 0.2) is 11.9 Å². The van der Waals surface area contributed by atoms with Gasteiger partial charge in [-0.25, -0.2) is 28.3 Å². The van der Waals surface area contributed by atoms with Crippen molar-refractivity contribution in [2.75, 3.05) is 12.3 Å². The first-order valence-corrected chi connectivity index (χ1v) is 16.4. The SMILES string of the molecule is Nc1ncnc2c1c(Cc1cccc3ccccc13)nn2[C@@H]1O[C@H](COP(=O)(O)OP(=O)(O)OP(=O)(O)O)[C@@H](O)[C@H]1O. The molecule has 226 valence electrons. The highest BCUT2D eigenvalue weighted by Crippen LogP contribution is 2.66. The van der Waals surface area contributed by atoms with E-state index in [1.54, 1.807) is 0 Å². The summed E-state index contributed by atoms with van der Waals surface area (Å²) in [6.45, 7) is -0.988. The zero-order valence-electron chi connectivity index (χ0n) is 21.1. The van der Waals surface area contributed by atoms with Gasteiger partial charge in [-0.05, 0) is 16.3 Å². The molecule has 3 heterocycles. The Bertz CT molecular complexity index is 1780. The second-order valence-corrected chi connectivity index (χ2v) is 13.5. The molecule has 2 aromatic heterocycles. The summed E-state index contributed by atoms with van der Waals surface area (Å²) in [6.07, 6.45) is -4.89. The van der Waals surface area contributed by atoms with Crippen LogP contribution < -0.4 is 5.73 Å². The second-order valence-electron chi connectivity index (χ2n) is 9.10. The van der Waals surface area contributed by atoms with Crippen molar-refractivity contribution in [3.05, 3.63) is 60.0 Å². The lowest BCUT2D eigenvalue weighted by Gasteiger charge is -2.19. The first-order valence-electron chi connectivity index (χ1n) is 11.9. The van der Waals surface area contributed by atoms with Crippen LogP contribution in [0.1, 0.15) is 17.5 Å². The molecule has 4 aromatic rings. The molecule has 2 aromatic carbocycles. The Hall–Kier alpha value is -2.66. The summed E-state index contributed by atoms with van der Waals surface area (Å²) in [4.78, 5) is 44.6. The minimum atomic E-state index is -5.75. The number of fused-ring (bicyclic) bond motifs is 2. The number of hydrogen-bond donors (Lipinski definition) is 7. The Balaban J connectivity index is 1.39. The fourth-order valence-electron chi connectivity index (χ4n) is 4.54. The van der Waals surface area contributed by atoms with Gasteiger partial charge in [0.25, 0.3) is 0 Å². The number of hydrogen-bond acceptors (Lipinski definition) is 13. The van der Waals surface area contributed by atoms with Crippen LogP contribution in [0.2, 0.25) is 0 Å². The van der Waals surface area contributed by atoms with Crippen LogP contribution in [0.5, 0.6) is 0 Å². The van der Waals surface area contributed by atoms with Gasteiger partial charge in [-0.15, -0.1) is 0 Å². The van der Waals surface area contributed by atoms with Gasteiger partial charge in [0.1, 0.15) is 30.5 Å². The van der Waals surface area contributed by atoms with E-state index >= 15 is 0 Å². The van der Waals surface area contributed by atoms with Gasteiger partial charge in [0, 0.05) is 6.42 Å². The van der Waals surface area contributed by atoms with Crippen molar-refractivity contribution in [3.63, 3.8) is 0 Å². The molecule has 18 nitrogen and oxygen atoms in total. The van der Waals surface area contributed by atoms with E-state index in [-0.39, 0.29) is 17.9 Å². The van der Waals surface area contributed by atoms with E-state index in [0.717, 1.165) is 16.3 Å². The number of anilines is 1. The molecule has 42 heavy (non-hydrogen) atoms. The summed E-state index contributed by atoms with van der Waals surface area (Å²) in [6, 6.07) is 13.5. The van der Waals surface area contributed by atoms with Crippen LogP contribution in [0, 0.1) is 0 Å². The average molecular weight is 647 g/mol. The maximum Gasteiger partial charge on any atom is 0.490 e. The molecule has 1 aliphatic rings. The lowest BCUT2D eigenvalue weighted by Crippen LogP contribution is -2.33. The van der Waals surface area contributed by atoms with Crippen molar-refractivity contribution < 1.29 is 61.4 Å². The highest BCUT2D eigenvalue weighted by Gasteiger charge is 2.47. The standard InChI is InChI=1S/C21H24N5O13P3/c22-19-16-14(8-12-6-3-5-11-4-1-2-7-13(11)12)25-26(20(16)24-10-23-19)21-18(28)17(27)15(37-21)9-36-41(32,33)39-42(34,35)38-40(29,30)31/h1-7,10,15,17-18,21,27-28H,8-9H2,(H,32,33)(H,34,35)(H2,22,23,24)(H2,29,30,31)/t15-,17-,18-,21-/m1/s1. The molecule has 0 spiro atoms. The molecule has 0 radical (unpaired) electrons. The number of aromatic nitrogens is 4. The maximum absolute atomic E-state index is 12.1. The number of ether oxygens (including phenoxy) is 1. The number of nitrogen functional groups attached to an aromatic ring is 1. The zero-order chi connectivity index (χ0) is 30.4. The molecule has 8 N–H and O–H groups in total. The second kappa shape index (κ2) is 11.4. The number of benzene rings is 2. The van der Waals surface area contributed by atoms with Gasteiger partial charge >= 0.3 is 23.5 Å². The first-order chi connectivity index (χ1) is 19.6. The monoisotopic (exact) mass is 647 g/mol.